The summed E-state index contributed by atoms with van der Waals surface area (Å²) in [6, 6.07) is 10.3. The summed E-state index contributed by atoms with van der Waals surface area (Å²) in [7, 11) is 0. The molecule has 0 aliphatic rings. The van der Waals surface area contributed by atoms with Gasteiger partial charge in [0.15, 0.2) is 16.5 Å². The molecule has 0 atom stereocenters. The maximum Gasteiger partial charge on any atom is 0.221 e. The number of amides is 1. The Morgan fingerprint density at radius 3 is 2.24 bits per heavy atom. The highest BCUT2D eigenvalue weighted by Gasteiger charge is 2.13. The van der Waals surface area contributed by atoms with Gasteiger partial charge in [0.25, 0.3) is 0 Å². The van der Waals surface area contributed by atoms with Gasteiger partial charge in [-0.3, -0.25) is 4.79 Å². The largest absolute Gasteiger partial charge is 0.326 e. The van der Waals surface area contributed by atoms with Gasteiger partial charge in [-0.1, -0.05) is 23.7 Å². The highest BCUT2D eigenvalue weighted by molar-refractivity contribution is 6.31. The second-order valence-electron chi connectivity index (χ2n) is 4.04. The summed E-state index contributed by atoms with van der Waals surface area (Å²) in [4.78, 5) is 18.9. The Bertz CT molecular complexity index is 787. The number of aromatic nitrogens is 2. The van der Waals surface area contributed by atoms with Crippen LogP contribution >= 0.6 is 11.6 Å². The number of hydrogen-bond acceptors (Lipinski definition) is 5. The Kier molecular flexibility index (Phi) is 4.13. The number of nitriles is 2. The van der Waals surface area contributed by atoms with E-state index < -0.39 is 0 Å². The summed E-state index contributed by atoms with van der Waals surface area (Å²) in [6.45, 7) is 1.41. The van der Waals surface area contributed by atoms with Crippen molar-refractivity contribution in [3.8, 4) is 23.4 Å². The van der Waals surface area contributed by atoms with Gasteiger partial charge < -0.3 is 5.32 Å². The normalized spacial score (nSPS) is 9.52. The molecular weight excluding hydrogens is 290 g/mol. The van der Waals surface area contributed by atoms with Gasteiger partial charge in [0.1, 0.15) is 17.8 Å². The van der Waals surface area contributed by atoms with Crippen molar-refractivity contribution >= 4 is 23.2 Å². The van der Waals surface area contributed by atoms with Crippen LogP contribution in [0, 0.1) is 22.7 Å². The molecule has 0 bridgehead atoms. The van der Waals surface area contributed by atoms with E-state index in [0.29, 0.717) is 16.9 Å². The van der Waals surface area contributed by atoms with Gasteiger partial charge in [-0.05, 0) is 12.1 Å². The maximum absolute atomic E-state index is 11.0. The SMILES string of the molecule is CC(=O)Nc1ccc(-c2nc(C#N)c(C#N)nc2Cl)cc1. The van der Waals surface area contributed by atoms with Crippen LogP contribution in [0.15, 0.2) is 24.3 Å². The zero-order valence-electron chi connectivity index (χ0n) is 10.9. The fraction of sp³-hybridized carbons (Fsp3) is 0.0714. The van der Waals surface area contributed by atoms with Gasteiger partial charge in [-0.15, -0.1) is 0 Å². The summed E-state index contributed by atoms with van der Waals surface area (Å²) in [5.41, 5.74) is 1.37. The molecule has 0 fully saturated rings. The van der Waals surface area contributed by atoms with Crippen LogP contribution in [0.25, 0.3) is 11.3 Å². The summed E-state index contributed by atoms with van der Waals surface area (Å²) in [5.74, 6) is -0.175. The molecule has 0 aliphatic heterocycles. The lowest BCUT2D eigenvalue weighted by atomic mass is 10.1. The van der Waals surface area contributed by atoms with Crippen LogP contribution in [0.3, 0.4) is 0 Å². The van der Waals surface area contributed by atoms with Crippen molar-refractivity contribution in [1.29, 1.82) is 10.5 Å². The molecule has 6 nitrogen and oxygen atoms in total. The summed E-state index contributed by atoms with van der Waals surface area (Å²) < 4.78 is 0. The van der Waals surface area contributed by atoms with E-state index in [4.69, 9.17) is 22.1 Å². The third-order valence-electron chi connectivity index (χ3n) is 2.54. The Morgan fingerprint density at radius 1 is 1.14 bits per heavy atom. The van der Waals surface area contributed by atoms with E-state index in [1.807, 2.05) is 6.07 Å². The van der Waals surface area contributed by atoms with Crippen LogP contribution in [0.2, 0.25) is 5.15 Å². The number of halogens is 1. The molecule has 0 aliphatic carbocycles. The minimum Gasteiger partial charge on any atom is -0.326 e. The number of anilines is 1. The lowest BCUT2D eigenvalue weighted by Gasteiger charge is -2.06. The number of nitrogens with zero attached hydrogens (tertiary/aromatic N) is 4. The van der Waals surface area contributed by atoms with Gasteiger partial charge >= 0.3 is 0 Å². The first-order chi connectivity index (χ1) is 10.0. The smallest absolute Gasteiger partial charge is 0.221 e. The van der Waals surface area contributed by atoms with Crippen molar-refractivity contribution in [3.63, 3.8) is 0 Å². The van der Waals surface area contributed by atoms with Crippen molar-refractivity contribution in [2.75, 3.05) is 5.32 Å². The van der Waals surface area contributed by atoms with E-state index in [0.717, 1.165) is 0 Å². The molecular formula is C14H8ClN5O. The van der Waals surface area contributed by atoms with Crippen LogP contribution in [0.1, 0.15) is 18.3 Å². The minimum atomic E-state index is -0.175. The summed E-state index contributed by atoms with van der Waals surface area (Å²) >= 11 is 5.99. The Morgan fingerprint density at radius 2 is 1.71 bits per heavy atom. The summed E-state index contributed by atoms with van der Waals surface area (Å²) in [5, 5.41) is 20.5. The van der Waals surface area contributed by atoms with Gasteiger partial charge in [-0.2, -0.15) is 10.5 Å². The van der Waals surface area contributed by atoms with Crippen LogP contribution in [-0.2, 0) is 4.79 Å². The molecule has 7 heteroatoms. The first-order valence-corrected chi connectivity index (χ1v) is 6.18. The molecule has 0 saturated heterocycles. The van der Waals surface area contributed by atoms with Gasteiger partial charge in [0.05, 0.1) is 0 Å². The molecule has 2 aromatic rings. The molecule has 0 unspecified atom stereocenters. The minimum absolute atomic E-state index is 0.0397. The molecule has 1 heterocycles. The van der Waals surface area contributed by atoms with Gasteiger partial charge in [-0.25, -0.2) is 9.97 Å². The topological polar surface area (TPSA) is 102 Å². The van der Waals surface area contributed by atoms with E-state index in [-0.39, 0.29) is 22.4 Å². The number of nitrogens with one attached hydrogen (secondary N) is 1. The number of carbonyl (C=O) groups is 1. The van der Waals surface area contributed by atoms with Crippen molar-refractivity contribution < 1.29 is 4.79 Å². The van der Waals surface area contributed by atoms with Crippen LogP contribution < -0.4 is 5.32 Å². The zero-order chi connectivity index (χ0) is 15.4. The second kappa shape index (κ2) is 6.00. The molecule has 0 saturated carbocycles. The van der Waals surface area contributed by atoms with Crippen molar-refractivity contribution in [1.82, 2.24) is 9.97 Å². The van der Waals surface area contributed by atoms with Crippen molar-refractivity contribution in [2.24, 2.45) is 0 Å². The first kappa shape index (κ1) is 14.4. The van der Waals surface area contributed by atoms with Crippen LogP contribution in [-0.4, -0.2) is 15.9 Å². The highest BCUT2D eigenvalue weighted by Crippen LogP contribution is 2.26. The number of hydrogen-bond donors (Lipinski definition) is 1. The fourth-order valence-corrected chi connectivity index (χ4v) is 1.91. The molecule has 2 rings (SSSR count). The van der Waals surface area contributed by atoms with Crippen molar-refractivity contribution in [3.05, 3.63) is 40.8 Å². The average Bonchev–Trinajstić information content (AvgIpc) is 2.47. The van der Waals surface area contributed by atoms with E-state index >= 15 is 0 Å². The van der Waals surface area contributed by atoms with E-state index in [9.17, 15) is 4.79 Å². The molecule has 1 aromatic carbocycles. The highest BCUT2D eigenvalue weighted by atomic mass is 35.5. The molecule has 21 heavy (non-hydrogen) atoms. The maximum atomic E-state index is 11.0. The number of benzene rings is 1. The second-order valence-corrected chi connectivity index (χ2v) is 4.40. The van der Waals surface area contributed by atoms with E-state index in [2.05, 4.69) is 15.3 Å². The molecule has 0 radical (unpaired) electrons. The third kappa shape index (κ3) is 3.14. The Hall–Kier alpha value is -2.96. The van der Waals surface area contributed by atoms with E-state index in [1.54, 1.807) is 30.3 Å². The van der Waals surface area contributed by atoms with Crippen molar-refractivity contribution in [2.45, 2.75) is 6.92 Å². The molecule has 102 valence electrons. The standard InChI is InChI=1S/C14H8ClN5O/c1-8(21)18-10-4-2-9(3-5-10)13-14(15)20-12(7-17)11(6-16)19-13/h2-5H,1H3,(H,18,21). The predicted octanol–water partition coefficient (Wildman–Crippen LogP) is 2.50. The quantitative estimate of drug-likeness (QED) is 0.917. The molecule has 1 aromatic heterocycles. The lowest BCUT2D eigenvalue weighted by Crippen LogP contribution is -2.05. The predicted molar refractivity (Wildman–Crippen MR) is 76.2 cm³/mol. The van der Waals surface area contributed by atoms with Gasteiger partial charge in [0, 0.05) is 18.2 Å². The first-order valence-electron chi connectivity index (χ1n) is 5.81. The zero-order valence-corrected chi connectivity index (χ0v) is 11.6. The molecule has 0 spiro atoms. The fourth-order valence-electron chi connectivity index (χ4n) is 1.67. The number of rotatable bonds is 2. The third-order valence-corrected chi connectivity index (χ3v) is 2.81. The Balaban J connectivity index is 2.45. The number of carbonyl (C=O) groups excluding carboxylic acids is 1. The molecule has 1 N–H and O–H groups in total. The molecule has 1 amide bonds. The van der Waals surface area contributed by atoms with E-state index in [1.165, 1.54) is 6.92 Å². The van der Waals surface area contributed by atoms with Crippen LogP contribution in [0.4, 0.5) is 5.69 Å². The van der Waals surface area contributed by atoms with Gasteiger partial charge in [0.2, 0.25) is 5.91 Å². The van der Waals surface area contributed by atoms with Crippen LogP contribution in [0.5, 0.6) is 0 Å². The Labute approximate surface area is 125 Å². The summed E-state index contributed by atoms with van der Waals surface area (Å²) in [6.07, 6.45) is 0. The average molecular weight is 298 g/mol. The lowest BCUT2D eigenvalue weighted by molar-refractivity contribution is -0.114. The monoisotopic (exact) mass is 297 g/mol.